The summed E-state index contributed by atoms with van der Waals surface area (Å²) in [5.74, 6) is 0. The molecule has 1 atom stereocenters. The Kier molecular flexibility index (Phi) is 5.90. The maximum atomic E-state index is 5.79. The number of nitrogens with two attached hydrogens (primary N) is 1. The highest BCUT2D eigenvalue weighted by atomic mass is 32.2. The lowest BCUT2D eigenvalue weighted by Crippen LogP contribution is -2.38. The Hall–Kier alpha value is 0.270. The van der Waals surface area contributed by atoms with E-state index in [4.69, 9.17) is 5.73 Å². The number of piperidine rings is 1. The summed E-state index contributed by atoms with van der Waals surface area (Å²) < 4.78 is 0. The van der Waals surface area contributed by atoms with Crippen molar-refractivity contribution in [2.45, 2.75) is 43.6 Å². The summed E-state index contributed by atoms with van der Waals surface area (Å²) in [6.45, 7) is 9.09. The Morgan fingerprint density at radius 1 is 1.21 bits per heavy atom. The van der Waals surface area contributed by atoms with Gasteiger partial charge in [-0.2, -0.15) is 11.8 Å². The molecular weight excluding hydrogens is 192 g/mol. The van der Waals surface area contributed by atoms with E-state index in [0.29, 0.717) is 10.5 Å². The van der Waals surface area contributed by atoms with Crippen LogP contribution < -0.4 is 5.73 Å². The Labute approximate surface area is 92.6 Å². The van der Waals surface area contributed by atoms with Crippen molar-refractivity contribution in [1.29, 1.82) is 0 Å². The first-order valence-electron chi connectivity index (χ1n) is 5.80. The van der Waals surface area contributed by atoms with E-state index in [-0.39, 0.29) is 0 Å². The van der Waals surface area contributed by atoms with Crippen LogP contribution in [0.25, 0.3) is 0 Å². The minimum atomic E-state index is 0.632. The number of rotatable bonds is 5. The van der Waals surface area contributed by atoms with E-state index in [0.717, 1.165) is 6.54 Å². The Balaban J connectivity index is 2.23. The van der Waals surface area contributed by atoms with E-state index in [1.54, 1.807) is 0 Å². The van der Waals surface area contributed by atoms with E-state index >= 15 is 0 Å². The lowest BCUT2D eigenvalue weighted by Gasteiger charge is -2.30. The molecule has 1 unspecified atom stereocenters. The first-order chi connectivity index (χ1) is 6.72. The highest BCUT2D eigenvalue weighted by Gasteiger charge is 2.16. The lowest BCUT2D eigenvalue weighted by molar-refractivity contribution is 0.230. The molecule has 3 heteroatoms. The van der Waals surface area contributed by atoms with Gasteiger partial charge in [0.25, 0.3) is 0 Å². The van der Waals surface area contributed by atoms with Crippen LogP contribution in [0.2, 0.25) is 0 Å². The fourth-order valence-corrected chi connectivity index (χ4v) is 3.17. The average molecular weight is 216 g/mol. The van der Waals surface area contributed by atoms with Gasteiger partial charge in [-0.25, -0.2) is 0 Å². The summed E-state index contributed by atoms with van der Waals surface area (Å²) in [4.78, 5) is 2.58. The normalized spacial score (nSPS) is 21.4. The molecule has 1 aliphatic rings. The zero-order chi connectivity index (χ0) is 10.4. The molecule has 2 nitrogen and oxygen atoms in total. The Morgan fingerprint density at radius 3 is 2.36 bits per heavy atom. The summed E-state index contributed by atoms with van der Waals surface area (Å²) in [6.07, 6.45) is 4.17. The second-order valence-electron chi connectivity index (χ2n) is 4.40. The van der Waals surface area contributed by atoms with Crippen LogP contribution in [-0.4, -0.2) is 41.6 Å². The van der Waals surface area contributed by atoms with Gasteiger partial charge < -0.3 is 10.6 Å². The summed E-state index contributed by atoms with van der Waals surface area (Å²) in [6, 6.07) is 0. The summed E-state index contributed by atoms with van der Waals surface area (Å²) in [5.41, 5.74) is 5.79. The molecule has 0 aliphatic carbocycles. The van der Waals surface area contributed by atoms with E-state index in [9.17, 15) is 0 Å². The van der Waals surface area contributed by atoms with E-state index in [2.05, 4.69) is 18.7 Å². The van der Waals surface area contributed by atoms with E-state index in [1.165, 1.54) is 38.9 Å². The Bertz CT molecular complexity index is 144. The molecule has 0 aromatic rings. The smallest absolute Gasteiger partial charge is 0.0300 e. The number of hydrogen-bond donors (Lipinski definition) is 1. The van der Waals surface area contributed by atoms with E-state index < -0.39 is 0 Å². The molecule has 1 aliphatic heterocycles. The third-order valence-electron chi connectivity index (χ3n) is 2.64. The van der Waals surface area contributed by atoms with Crippen LogP contribution >= 0.6 is 11.8 Å². The first kappa shape index (κ1) is 12.3. The highest BCUT2D eigenvalue weighted by Crippen LogP contribution is 2.19. The van der Waals surface area contributed by atoms with Crippen molar-refractivity contribution in [3.8, 4) is 0 Å². The van der Waals surface area contributed by atoms with Gasteiger partial charge in [-0.3, -0.25) is 0 Å². The van der Waals surface area contributed by atoms with Crippen LogP contribution in [0.3, 0.4) is 0 Å². The van der Waals surface area contributed by atoms with Gasteiger partial charge in [-0.1, -0.05) is 20.3 Å². The van der Waals surface area contributed by atoms with Crippen LogP contribution in [0.1, 0.15) is 33.1 Å². The maximum absolute atomic E-state index is 5.79. The number of nitrogens with zero attached hydrogens (tertiary/aromatic N) is 1. The van der Waals surface area contributed by atoms with E-state index in [1.807, 2.05) is 11.8 Å². The first-order valence-corrected chi connectivity index (χ1v) is 6.74. The quantitative estimate of drug-likeness (QED) is 0.761. The van der Waals surface area contributed by atoms with Crippen LogP contribution in [0.4, 0.5) is 0 Å². The van der Waals surface area contributed by atoms with Gasteiger partial charge in [0, 0.05) is 18.3 Å². The summed E-state index contributed by atoms with van der Waals surface area (Å²) in [5, 5.41) is 1.33. The van der Waals surface area contributed by atoms with Crippen molar-refractivity contribution in [3.05, 3.63) is 0 Å². The van der Waals surface area contributed by atoms with Gasteiger partial charge in [0.15, 0.2) is 0 Å². The van der Waals surface area contributed by atoms with Crippen molar-refractivity contribution in [3.63, 3.8) is 0 Å². The molecule has 1 saturated heterocycles. The predicted molar refractivity (Wildman–Crippen MR) is 65.9 cm³/mol. The van der Waals surface area contributed by atoms with Gasteiger partial charge >= 0.3 is 0 Å². The molecule has 1 rings (SSSR count). The lowest BCUT2D eigenvalue weighted by atomic mass is 10.1. The van der Waals surface area contributed by atoms with Gasteiger partial charge in [0.1, 0.15) is 0 Å². The fourth-order valence-electron chi connectivity index (χ4n) is 1.99. The second kappa shape index (κ2) is 6.70. The Morgan fingerprint density at radius 2 is 1.86 bits per heavy atom. The molecule has 14 heavy (non-hydrogen) atoms. The monoisotopic (exact) mass is 216 g/mol. The summed E-state index contributed by atoms with van der Waals surface area (Å²) in [7, 11) is 0. The minimum absolute atomic E-state index is 0.632. The molecular formula is C11H24N2S. The molecule has 1 fully saturated rings. The number of thioether (sulfide) groups is 1. The SMILES string of the molecule is CC(C)SC(CN)CN1CCCCC1. The topological polar surface area (TPSA) is 29.3 Å². The molecule has 1 heterocycles. The molecule has 2 N–H and O–H groups in total. The third-order valence-corrected chi connectivity index (χ3v) is 3.91. The average Bonchev–Trinajstić information content (AvgIpc) is 2.17. The van der Waals surface area contributed by atoms with Crippen LogP contribution in [0.5, 0.6) is 0 Å². The van der Waals surface area contributed by atoms with Gasteiger partial charge in [-0.15, -0.1) is 0 Å². The molecule has 0 aromatic carbocycles. The van der Waals surface area contributed by atoms with Crippen LogP contribution in [0.15, 0.2) is 0 Å². The number of hydrogen-bond acceptors (Lipinski definition) is 3. The minimum Gasteiger partial charge on any atom is -0.329 e. The molecule has 0 aromatic heterocycles. The fraction of sp³-hybridized carbons (Fsp3) is 1.00. The molecule has 0 radical (unpaired) electrons. The van der Waals surface area contributed by atoms with Gasteiger partial charge in [0.2, 0.25) is 0 Å². The number of likely N-dealkylation sites (tertiary alicyclic amines) is 1. The van der Waals surface area contributed by atoms with Crippen LogP contribution in [0, 0.1) is 0 Å². The summed E-state index contributed by atoms with van der Waals surface area (Å²) >= 11 is 2.03. The van der Waals surface area contributed by atoms with Gasteiger partial charge in [-0.05, 0) is 31.2 Å². The van der Waals surface area contributed by atoms with Crippen molar-refractivity contribution in [1.82, 2.24) is 4.90 Å². The van der Waals surface area contributed by atoms with Crippen LogP contribution in [-0.2, 0) is 0 Å². The van der Waals surface area contributed by atoms with Crippen molar-refractivity contribution in [2.24, 2.45) is 5.73 Å². The zero-order valence-electron chi connectivity index (χ0n) is 9.54. The molecule has 0 spiro atoms. The maximum Gasteiger partial charge on any atom is 0.0300 e. The molecule has 0 amide bonds. The second-order valence-corrected chi connectivity index (χ2v) is 6.29. The standard InChI is InChI=1S/C11H24N2S/c1-10(2)14-11(8-12)9-13-6-4-3-5-7-13/h10-11H,3-9,12H2,1-2H3. The molecule has 0 saturated carbocycles. The predicted octanol–water partition coefficient (Wildman–Crippen LogP) is 1.94. The highest BCUT2D eigenvalue weighted by molar-refractivity contribution is 8.00. The third kappa shape index (κ3) is 4.67. The van der Waals surface area contributed by atoms with Gasteiger partial charge in [0.05, 0.1) is 0 Å². The van der Waals surface area contributed by atoms with Crippen molar-refractivity contribution < 1.29 is 0 Å². The van der Waals surface area contributed by atoms with Crippen molar-refractivity contribution >= 4 is 11.8 Å². The zero-order valence-corrected chi connectivity index (χ0v) is 10.4. The molecule has 84 valence electrons. The largest absolute Gasteiger partial charge is 0.329 e. The van der Waals surface area contributed by atoms with Crippen molar-refractivity contribution in [2.75, 3.05) is 26.2 Å². The molecule has 0 bridgehead atoms.